The molecule has 2 aromatic carbocycles. The number of carbonyl (C=O) groups is 1. The van der Waals surface area contributed by atoms with E-state index in [0.29, 0.717) is 29.0 Å². The first-order valence-electron chi connectivity index (χ1n) is 9.97. The quantitative estimate of drug-likeness (QED) is 0.334. The van der Waals surface area contributed by atoms with E-state index in [1.54, 1.807) is 17.1 Å². The van der Waals surface area contributed by atoms with Crippen molar-refractivity contribution in [3.63, 3.8) is 0 Å². The van der Waals surface area contributed by atoms with Gasteiger partial charge in [0, 0.05) is 18.2 Å². The first-order valence-corrected chi connectivity index (χ1v) is 10.8. The van der Waals surface area contributed by atoms with Crippen LogP contribution in [0.25, 0.3) is 17.4 Å². The highest BCUT2D eigenvalue weighted by Gasteiger charge is 2.32. The Hall–Kier alpha value is -3.51. The van der Waals surface area contributed by atoms with Crippen LogP contribution in [0, 0.1) is 0 Å². The lowest BCUT2D eigenvalue weighted by Crippen LogP contribution is -2.29. The van der Waals surface area contributed by atoms with E-state index < -0.39 is 0 Å². The fourth-order valence-corrected chi connectivity index (χ4v) is 4.08. The molecule has 0 radical (unpaired) electrons. The molecule has 1 aliphatic rings. The fraction of sp³-hybridized carbons (Fsp3) is 0.120. The predicted molar refractivity (Wildman–Crippen MR) is 126 cm³/mol. The number of ether oxygens (including phenoxy) is 1. The monoisotopic (exact) mass is 430 g/mol. The van der Waals surface area contributed by atoms with Crippen LogP contribution in [-0.4, -0.2) is 29.1 Å². The van der Waals surface area contributed by atoms with Gasteiger partial charge in [0.05, 0.1) is 17.2 Å². The molecule has 1 fully saturated rings. The number of aliphatic imine (C=N–C) groups is 1. The van der Waals surface area contributed by atoms with Gasteiger partial charge in [-0.05, 0) is 55.1 Å². The molecule has 4 rings (SSSR count). The molecule has 31 heavy (non-hydrogen) atoms. The number of hydrogen-bond acceptors (Lipinski definition) is 5. The number of amidine groups is 1. The van der Waals surface area contributed by atoms with Gasteiger partial charge in [0.25, 0.3) is 5.91 Å². The maximum Gasteiger partial charge on any atom is 0.267 e. The Morgan fingerprint density at radius 1 is 1.10 bits per heavy atom. The van der Waals surface area contributed by atoms with Crippen molar-refractivity contribution in [2.75, 3.05) is 13.2 Å². The Morgan fingerprint density at radius 2 is 1.87 bits per heavy atom. The van der Waals surface area contributed by atoms with Gasteiger partial charge in [0.1, 0.15) is 17.3 Å². The molecule has 1 saturated heterocycles. The van der Waals surface area contributed by atoms with Gasteiger partial charge >= 0.3 is 0 Å². The Balaban J connectivity index is 1.59. The van der Waals surface area contributed by atoms with Crippen molar-refractivity contribution in [3.05, 3.63) is 90.1 Å². The molecule has 3 aromatic rings. The second kappa shape index (κ2) is 9.53. The topological polar surface area (TPSA) is 55.0 Å². The number of thioether (sulfide) groups is 1. The highest BCUT2D eigenvalue weighted by Crippen LogP contribution is 2.35. The van der Waals surface area contributed by atoms with Crippen molar-refractivity contribution < 1.29 is 13.9 Å². The molecule has 0 bridgehead atoms. The van der Waals surface area contributed by atoms with Gasteiger partial charge in [-0.1, -0.05) is 36.4 Å². The van der Waals surface area contributed by atoms with Crippen LogP contribution in [0.1, 0.15) is 12.7 Å². The highest BCUT2D eigenvalue weighted by atomic mass is 32.2. The normalized spacial score (nSPS) is 16.3. The minimum absolute atomic E-state index is 0.118. The molecule has 2 heterocycles. The maximum absolute atomic E-state index is 13.0. The van der Waals surface area contributed by atoms with Crippen LogP contribution in [0.4, 0.5) is 5.69 Å². The van der Waals surface area contributed by atoms with Gasteiger partial charge < -0.3 is 9.15 Å². The van der Waals surface area contributed by atoms with Crippen molar-refractivity contribution >= 4 is 34.6 Å². The molecule has 5 nitrogen and oxygen atoms in total. The summed E-state index contributed by atoms with van der Waals surface area (Å²) in [5, 5.41) is 0.607. The third-order valence-electron chi connectivity index (χ3n) is 4.53. The maximum atomic E-state index is 13.0. The van der Waals surface area contributed by atoms with E-state index in [-0.39, 0.29) is 5.91 Å². The zero-order chi connectivity index (χ0) is 21.6. The lowest BCUT2D eigenvalue weighted by molar-refractivity contribution is -0.121. The van der Waals surface area contributed by atoms with Crippen LogP contribution in [0.2, 0.25) is 0 Å². The molecular weight excluding hydrogens is 408 g/mol. The van der Waals surface area contributed by atoms with Crippen molar-refractivity contribution in [2.24, 2.45) is 4.99 Å². The summed E-state index contributed by atoms with van der Waals surface area (Å²) in [7, 11) is 0. The summed E-state index contributed by atoms with van der Waals surface area (Å²) >= 11 is 1.32. The van der Waals surface area contributed by atoms with Gasteiger partial charge in [-0.3, -0.25) is 9.69 Å². The molecular formula is C25H22N2O3S. The van der Waals surface area contributed by atoms with E-state index in [2.05, 4.69) is 11.6 Å². The largest absolute Gasteiger partial charge is 0.494 e. The van der Waals surface area contributed by atoms with Gasteiger partial charge in [-0.25, -0.2) is 4.99 Å². The molecule has 0 saturated carbocycles. The number of amides is 1. The summed E-state index contributed by atoms with van der Waals surface area (Å²) in [6, 6.07) is 21.1. The molecule has 6 heteroatoms. The average molecular weight is 431 g/mol. The van der Waals surface area contributed by atoms with E-state index in [4.69, 9.17) is 9.15 Å². The zero-order valence-corrected chi connectivity index (χ0v) is 18.0. The van der Waals surface area contributed by atoms with E-state index in [1.807, 2.05) is 73.7 Å². The van der Waals surface area contributed by atoms with Crippen LogP contribution in [0.5, 0.6) is 5.75 Å². The molecule has 0 aliphatic carbocycles. The van der Waals surface area contributed by atoms with Gasteiger partial charge in [0.15, 0.2) is 5.17 Å². The number of furan rings is 1. The third kappa shape index (κ3) is 4.81. The minimum Gasteiger partial charge on any atom is -0.494 e. The molecule has 0 N–H and O–H groups in total. The van der Waals surface area contributed by atoms with Crippen LogP contribution in [0.15, 0.2) is 93.7 Å². The lowest BCUT2D eigenvalue weighted by Gasteiger charge is -2.12. The molecule has 1 aromatic heterocycles. The SMILES string of the molecule is C=CCN1C(=O)C(=Cc2ccc(-c3ccccc3)o2)SC1=Nc1ccc(OCC)cc1. The summed E-state index contributed by atoms with van der Waals surface area (Å²) in [5.41, 5.74) is 1.74. The van der Waals surface area contributed by atoms with E-state index in [1.165, 1.54) is 11.8 Å². The van der Waals surface area contributed by atoms with E-state index in [9.17, 15) is 4.79 Å². The Labute approximate surface area is 185 Å². The summed E-state index contributed by atoms with van der Waals surface area (Å²) in [5.74, 6) is 2.05. The van der Waals surface area contributed by atoms with Crippen molar-refractivity contribution in [2.45, 2.75) is 6.92 Å². The van der Waals surface area contributed by atoms with Crippen molar-refractivity contribution in [1.82, 2.24) is 4.90 Å². The minimum atomic E-state index is -0.118. The standard InChI is InChI=1S/C25H22N2O3S/c1-3-16-27-24(28)23(17-21-14-15-22(30-21)18-8-6-5-7-9-18)31-25(27)26-19-10-12-20(13-11-19)29-4-2/h3,5-15,17H,1,4,16H2,2H3. The lowest BCUT2D eigenvalue weighted by atomic mass is 10.2. The number of nitrogens with zero attached hydrogens (tertiary/aromatic N) is 2. The number of rotatable bonds is 7. The van der Waals surface area contributed by atoms with Crippen molar-refractivity contribution in [3.8, 4) is 17.1 Å². The molecule has 0 atom stereocenters. The Bertz CT molecular complexity index is 1130. The Kier molecular flexibility index (Phi) is 6.38. The average Bonchev–Trinajstić information content (AvgIpc) is 3.37. The molecule has 156 valence electrons. The van der Waals surface area contributed by atoms with E-state index >= 15 is 0 Å². The molecule has 1 amide bonds. The van der Waals surface area contributed by atoms with E-state index in [0.717, 1.165) is 22.8 Å². The fourth-order valence-electron chi connectivity index (χ4n) is 3.09. The van der Waals surface area contributed by atoms with Gasteiger partial charge in [0.2, 0.25) is 0 Å². The van der Waals surface area contributed by atoms with Crippen molar-refractivity contribution in [1.29, 1.82) is 0 Å². The van der Waals surface area contributed by atoms with Gasteiger partial charge in [-0.2, -0.15) is 0 Å². The molecule has 1 aliphatic heterocycles. The second-order valence-corrected chi connectivity index (χ2v) is 7.71. The third-order valence-corrected chi connectivity index (χ3v) is 5.54. The smallest absolute Gasteiger partial charge is 0.267 e. The van der Waals surface area contributed by atoms with Crippen LogP contribution < -0.4 is 4.74 Å². The number of hydrogen-bond donors (Lipinski definition) is 0. The van der Waals surface area contributed by atoms with Crippen LogP contribution >= 0.6 is 11.8 Å². The summed E-state index contributed by atoms with van der Waals surface area (Å²) in [6.07, 6.45) is 3.45. The van der Waals surface area contributed by atoms with Crippen LogP contribution in [0.3, 0.4) is 0 Å². The summed E-state index contributed by atoms with van der Waals surface area (Å²) < 4.78 is 11.4. The summed E-state index contributed by atoms with van der Waals surface area (Å²) in [4.78, 5) is 19.8. The second-order valence-electron chi connectivity index (χ2n) is 6.70. The number of benzene rings is 2. The first kappa shape index (κ1) is 20.8. The number of carbonyl (C=O) groups excluding carboxylic acids is 1. The predicted octanol–water partition coefficient (Wildman–Crippen LogP) is 6.14. The highest BCUT2D eigenvalue weighted by molar-refractivity contribution is 8.18. The zero-order valence-electron chi connectivity index (χ0n) is 17.2. The molecule has 0 unspecified atom stereocenters. The first-order chi connectivity index (χ1) is 15.2. The summed E-state index contributed by atoms with van der Waals surface area (Å²) in [6.45, 7) is 6.70. The molecule has 0 spiro atoms. The van der Waals surface area contributed by atoms with Crippen LogP contribution in [-0.2, 0) is 4.79 Å². The van der Waals surface area contributed by atoms with Gasteiger partial charge in [-0.15, -0.1) is 6.58 Å². The Morgan fingerprint density at radius 3 is 2.58 bits per heavy atom.